The minimum absolute atomic E-state index is 0.0264. The molecule has 0 saturated heterocycles. The summed E-state index contributed by atoms with van der Waals surface area (Å²) in [5.41, 5.74) is 8.05. The number of nitrogens with two attached hydrogens (primary N) is 1. The van der Waals surface area contributed by atoms with Gasteiger partial charge in [-0.3, -0.25) is 4.79 Å². The van der Waals surface area contributed by atoms with Crippen LogP contribution in [-0.2, 0) is 0 Å². The average Bonchev–Trinajstić information content (AvgIpc) is 2.73. The van der Waals surface area contributed by atoms with Gasteiger partial charge >= 0.3 is 0 Å². The quantitative estimate of drug-likeness (QED) is 0.918. The molecule has 21 heavy (non-hydrogen) atoms. The van der Waals surface area contributed by atoms with Crippen molar-refractivity contribution >= 4 is 11.6 Å². The van der Waals surface area contributed by atoms with Gasteiger partial charge in [0.2, 0.25) is 0 Å². The number of amides is 1. The molecule has 2 rings (SSSR count). The van der Waals surface area contributed by atoms with E-state index < -0.39 is 0 Å². The Hall–Kier alpha value is -2.07. The first-order chi connectivity index (χ1) is 10.1. The molecule has 0 fully saturated rings. The standard InChI is InChI=1S/C17H22N2O2/c1-12-13(2)21-14(3)16(12)17(20)19(11-7-10-18)15-8-5-4-6-9-15/h4-6,8-9H,7,10-11,18H2,1-3H3. The third-order valence-corrected chi connectivity index (χ3v) is 3.67. The second kappa shape index (κ2) is 6.59. The number of nitrogens with zero attached hydrogens (tertiary/aromatic N) is 1. The first kappa shape index (κ1) is 15.3. The monoisotopic (exact) mass is 286 g/mol. The number of anilines is 1. The van der Waals surface area contributed by atoms with Crippen molar-refractivity contribution in [2.75, 3.05) is 18.0 Å². The average molecular weight is 286 g/mol. The van der Waals surface area contributed by atoms with Crippen molar-refractivity contribution in [1.29, 1.82) is 0 Å². The number of rotatable bonds is 5. The van der Waals surface area contributed by atoms with E-state index in [1.807, 2.05) is 51.1 Å². The van der Waals surface area contributed by atoms with E-state index in [2.05, 4.69) is 0 Å². The molecule has 1 aromatic carbocycles. The van der Waals surface area contributed by atoms with Crippen LogP contribution in [0.25, 0.3) is 0 Å². The molecule has 1 heterocycles. The Morgan fingerprint density at radius 1 is 1.14 bits per heavy atom. The topological polar surface area (TPSA) is 59.5 Å². The summed E-state index contributed by atoms with van der Waals surface area (Å²) < 4.78 is 5.58. The lowest BCUT2D eigenvalue weighted by Gasteiger charge is -2.23. The number of carbonyl (C=O) groups excluding carboxylic acids is 1. The van der Waals surface area contributed by atoms with Crippen LogP contribution in [0.15, 0.2) is 34.7 Å². The highest BCUT2D eigenvalue weighted by Crippen LogP contribution is 2.25. The molecule has 0 radical (unpaired) electrons. The van der Waals surface area contributed by atoms with Gasteiger partial charge in [0.15, 0.2) is 0 Å². The summed E-state index contributed by atoms with van der Waals surface area (Å²) in [4.78, 5) is 14.7. The lowest BCUT2D eigenvalue weighted by molar-refractivity contribution is 0.0985. The fourth-order valence-electron chi connectivity index (χ4n) is 2.45. The molecule has 0 saturated carbocycles. The van der Waals surface area contributed by atoms with Gasteiger partial charge in [0.05, 0.1) is 5.56 Å². The first-order valence-electron chi connectivity index (χ1n) is 7.19. The fraction of sp³-hybridized carbons (Fsp3) is 0.353. The Kier molecular flexibility index (Phi) is 4.81. The molecule has 2 N–H and O–H groups in total. The third-order valence-electron chi connectivity index (χ3n) is 3.67. The number of benzene rings is 1. The summed E-state index contributed by atoms with van der Waals surface area (Å²) in [5.74, 6) is 1.44. The molecule has 0 aliphatic heterocycles. The second-order valence-corrected chi connectivity index (χ2v) is 5.15. The van der Waals surface area contributed by atoms with Crippen molar-refractivity contribution in [3.8, 4) is 0 Å². The van der Waals surface area contributed by atoms with Gasteiger partial charge in [-0.25, -0.2) is 0 Å². The molecule has 0 spiro atoms. The largest absolute Gasteiger partial charge is 0.466 e. The maximum Gasteiger partial charge on any atom is 0.262 e. The lowest BCUT2D eigenvalue weighted by Crippen LogP contribution is -2.33. The number of hydrogen-bond acceptors (Lipinski definition) is 3. The highest BCUT2D eigenvalue weighted by atomic mass is 16.3. The Labute approximate surface area is 125 Å². The molecule has 2 aromatic rings. The summed E-state index contributed by atoms with van der Waals surface area (Å²) >= 11 is 0. The van der Waals surface area contributed by atoms with Crippen LogP contribution in [0.1, 0.15) is 33.9 Å². The summed E-state index contributed by atoms with van der Waals surface area (Å²) in [6.45, 7) is 6.79. The third kappa shape index (κ3) is 3.16. The molecule has 0 aliphatic carbocycles. The van der Waals surface area contributed by atoms with Gasteiger partial charge < -0.3 is 15.1 Å². The summed E-state index contributed by atoms with van der Waals surface area (Å²) in [5, 5.41) is 0. The van der Waals surface area contributed by atoms with Crippen molar-refractivity contribution in [2.24, 2.45) is 5.73 Å². The highest BCUT2D eigenvalue weighted by Gasteiger charge is 2.24. The molecule has 0 atom stereocenters. The zero-order valence-electron chi connectivity index (χ0n) is 12.8. The Morgan fingerprint density at radius 3 is 2.33 bits per heavy atom. The highest BCUT2D eigenvalue weighted by molar-refractivity contribution is 6.07. The predicted molar refractivity (Wildman–Crippen MR) is 84.7 cm³/mol. The minimum Gasteiger partial charge on any atom is -0.466 e. The van der Waals surface area contributed by atoms with Crippen LogP contribution in [0, 0.1) is 20.8 Å². The molecule has 0 aliphatic rings. The van der Waals surface area contributed by atoms with Crippen LogP contribution in [0.2, 0.25) is 0 Å². The van der Waals surface area contributed by atoms with Crippen molar-refractivity contribution in [3.05, 3.63) is 53.0 Å². The van der Waals surface area contributed by atoms with Crippen LogP contribution in [0.4, 0.5) is 5.69 Å². The second-order valence-electron chi connectivity index (χ2n) is 5.15. The van der Waals surface area contributed by atoms with E-state index in [0.717, 1.165) is 23.4 Å². The van der Waals surface area contributed by atoms with E-state index in [1.54, 1.807) is 4.90 Å². The van der Waals surface area contributed by atoms with E-state index in [9.17, 15) is 4.79 Å². The Balaban J connectivity index is 2.39. The van der Waals surface area contributed by atoms with Crippen LogP contribution >= 0.6 is 0 Å². The number of aryl methyl sites for hydroxylation is 2. The zero-order valence-corrected chi connectivity index (χ0v) is 12.8. The molecule has 112 valence electrons. The van der Waals surface area contributed by atoms with Crippen molar-refractivity contribution < 1.29 is 9.21 Å². The molecule has 0 bridgehead atoms. The maximum atomic E-state index is 12.9. The van der Waals surface area contributed by atoms with Crippen molar-refractivity contribution in [3.63, 3.8) is 0 Å². The first-order valence-corrected chi connectivity index (χ1v) is 7.19. The fourth-order valence-corrected chi connectivity index (χ4v) is 2.45. The van der Waals surface area contributed by atoms with Crippen LogP contribution in [-0.4, -0.2) is 19.0 Å². The smallest absolute Gasteiger partial charge is 0.262 e. The van der Waals surface area contributed by atoms with E-state index in [1.165, 1.54) is 0 Å². The Morgan fingerprint density at radius 2 is 1.81 bits per heavy atom. The number of carbonyl (C=O) groups is 1. The maximum absolute atomic E-state index is 12.9. The van der Waals surface area contributed by atoms with Gasteiger partial charge in [-0.15, -0.1) is 0 Å². The van der Waals surface area contributed by atoms with Crippen molar-refractivity contribution in [2.45, 2.75) is 27.2 Å². The van der Waals surface area contributed by atoms with Gasteiger partial charge in [0.25, 0.3) is 5.91 Å². The van der Waals surface area contributed by atoms with E-state index in [0.29, 0.717) is 24.4 Å². The molecule has 4 heteroatoms. The van der Waals surface area contributed by atoms with Crippen LogP contribution < -0.4 is 10.6 Å². The van der Waals surface area contributed by atoms with Gasteiger partial charge in [-0.1, -0.05) is 18.2 Å². The molecule has 0 unspecified atom stereocenters. The number of hydrogen-bond donors (Lipinski definition) is 1. The van der Waals surface area contributed by atoms with Crippen LogP contribution in [0.5, 0.6) is 0 Å². The molecule has 4 nitrogen and oxygen atoms in total. The zero-order chi connectivity index (χ0) is 15.4. The van der Waals surface area contributed by atoms with E-state index in [4.69, 9.17) is 10.2 Å². The van der Waals surface area contributed by atoms with Gasteiger partial charge in [0.1, 0.15) is 11.5 Å². The Bertz CT molecular complexity index is 617. The summed E-state index contributed by atoms with van der Waals surface area (Å²) in [6.07, 6.45) is 0.759. The molecule has 1 amide bonds. The normalized spacial score (nSPS) is 10.7. The summed E-state index contributed by atoms with van der Waals surface area (Å²) in [7, 11) is 0. The van der Waals surface area contributed by atoms with Gasteiger partial charge in [-0.05, 0) is 45.9 Å². The number of furan rings is 1. The van der Waals surface area contributed by atoms with E-state index in [-0.39, 0.29) is 5.91 Å². The van der Waals surface area contributed by atoms with E-state index >= 15 is 0 Å². The lowest BCUT2D eigenvalue weighted by atomic mass is 10.1. The van der Waals surface area contributed by atoms with Gasteiger partial charge in [0, 0.05) is 17.8 Å². The molecular formula is C17H22N2O2. The van der Waals surface area contributed by atoms with Crippen LogP contribution in [0.3, 0.4) is 0 Å². The van der Waals surface area contributed by atoms with Gasteiger partial charge in [-0.2, -0.15) is 0 Å². The summed E-state index contributed by atoms with van der Waals surface area (Å²) in [6, 6.07) is 9.67. The predicted octanol–water partition coefficient (Wildman–Crippen LogP) is 3.20. The SMILES string of the molecule is Cc1oc(C)c(C(=O)N(CCCN)c2ccccc2)c1C. The molecular weight excluding hydrogens is 264 g/mol. The minimum atomic E-state index is -0.0264. The number of para-hydroxylation sites is 1. The molecule has 1 aromatic heterocycles. The van der Waals surface area contributed by atoms with Crippen molar-refractivity contribution in [1.82, 2.24) is 0 Å².